The van der Waals surface area contributed by atoms with Gasteiger partial charge in [0.1, 0.15) is 5.75 Å². The second kappa shape index (κ2) is 9.28. The van der Waals surface area contributed by atoms with Crippen molar-refractivity contribution in [3.05, 3.63) is 80.4 Å². The topological polar surface area (TPSA) is 68.6 Å². The van der Waals surface area contributed by atoms with Crippen molar-refractivity contribution in [3.63, 3.8) is 0 Å². The van der Waals surface area contributed by atoms with Gasteiger partial charge >= 0.3 is 0 Å². The molecule has 1 atom stereocenters. The van der Waals surface area contributed by atoms with Gasteiger partial charge in [-0.3, -0.25) is 9.83 Å². The van der Waals surface area contributed by atoms with Crippen LogP contribution in [0.15, 0.2) is 53.5 Å². The number of nitrogens with zero attached hydrogens (tertiary/aromatic N) is 3. The molecule has 1 fully saturated rings. The summed E-state index contributed by atoms with van der Waals surface area (Å²) < 4.78 is 6.06. The number of hydrogen-bond donors (Lipinski definition) is 1. The molecule has 1 aliphatic carbocycles. The molecule has 2 heterocycles. The molecule has 2 aromatic carbocycles. The Bertz CT molecular complexity index is 1230. The van der Waals surface area contributed by atoms with Crippen molar-refractivity contribution < 1.29 is 9.57 Å². The first kappa shape index (κ1) is 22.7. The molecule has 0 radical (unpaired) electrons. The maximum Gasteiger partial charge on any atom is 0.250 e. The normalized spacial score (nSPS) is 18.9. The first-order valence-electron chi connectivity index (χ1n) is 10.3. The molecule has 0 unspecified atom stereocenters. The van der Waals surface area contributed by atoms with Gasteiger partial charge in [-0.2, -0.15) is 0 Å². The van der Waals surface area contributed by atoms with Crippen molar-refractivity contribution in [2.75, 3.05) is 6.61 Å². The van der Waals surface area contributed by atoms with Gasteiger partial charge in [0.25, 0.3) is 0 Å². The maximum atomic E-state index is 6.56. The van der Waals surface area contributed by atoms with E-state index in [1.165, 1.54) is 0 Å². The van der Waals surface area contributed by atoms with Crippen LogP contribution < -0.4 is 10.2 Å². The molecule has 170 valence electrons. The Morgan fingerprint density at radius 2 is 1.91 bits per heavy atom. The number of rotatable bonds is 6. The zero-order valence-electron chi connectivity index (χ0n) is 17.2. The number of ether oxygens (including phenoxy) is 1. The number of amidine groups is 1. The quantitative estimate of drug-likeness (QED) is 0.381. The largest absolute Gasteiger partial charge is 0.437 e. The average molecular weight is 524 g/mol. The van der Waals surface area contributed by atoms with E-state index in [0.29, 0.717) is 40.2 Å². The minimum absolute atomic E-state index is 0.186. The van der Waals surface area contributed by atoms with Crippen LogP contribution in [0.3, 0.4) is 0 Å². The second-order valence-corrected chi connectivity index (χ2v) is 9.92. The van der Waals surface area contributed by atoms with Gasteiger partial charge in [0, 0.05) is 10.0 Å². The summed E-state index contributed by atoms with van der Waals surface area (Å²) in [6.07, 6.45) is 2.46. The van der Waals surface area contributed by atoms with E-state index in [1.807, 2.05) is 30.3 Å². The monoisotopic (exact) mass is 522 g/mol. The number of nitrogens with one attached hydrogen (secondary N) is 1. The Morgan fingerprint density at radius 1 is 1.06 bits per heavy atom. The van der Waals surface area contributed by atoms with Crippen LogP contribution in [0.1, 0.15) is 29.5 Å². The first-order valence-corrected chi connectivity index (χ1v) is 11.8. The lowest BCUT2D eigenvalue weighted by Gasteiger charge is -2.23. The third kappa shape index (κ3) is 5.20. The third-order valence-electron chi connectivity index (χ3n) is 5.47. The van der Waals surface area contributed by atoms with Gasteiger partial charge in [-0.05, 0) is 60.7 Å². The average Bonchev–Trinajstić information content (AvgIpc) is 3.56. The number of benzene rings is 2. The lowest BCUT2D eigenvalue weighted by Crippen LogP contribution is -2.37. The predicted molar refractivity (Wildman–Crippen MR) is 130 cm³/mol. The predicted octanol–water partition coefficient (Wildman–Crippen LogP) is 6.35. The Hall–Kier alpha value is -2.09. The Balaban J connectivity index is 1.42. The fourth-order valence-electron chi connectivity index (χ4n) is 3.57. The number of alkyl halides is 1. The van der Waals surface area contributed by atoms with E-state index in [9.17, 15) is 0 Å². The van der Waals surface area contributed by atoms with Gasteiger partial charge in [0.2, 0.25) is 5.88 Å². The molecule has 33 heavy (non-hydrogen) atoms. The van der Waals surface area contributed by atoms with E-state index < -0.39 is 0 Å². The van der Waals surface area contributed by atoms with Crippen molar-refractivity contribution >= 4 is 52.2 Å². The number of hydrogen-bond acceptors (Lipinski definition) is 6. The van der Waals surface area contributed by atoms with Crippen LogP contribution >= 0.6 is 46.4 Å². The first-order chi connectivity index (χ1) is 15.9. The molecule has 10 heteroatoms. The maximum absolute atomic E-state index is 6.56. The van der Waals surface area contributed by atoms with Crippen LogP contribution in [-0.2, 0) is 16.1 Å². The lowest BCUT2D eigenvalue weighted by atomic mass is 10.1. The fourth-order valence-corrected chi connectivity index (χ4v) is 4.42. The molecule has 3 aromatic rings. The van der Waals surface area contributed by atoms with Crippen LogP contribution in [0, 0.1) is 0 Å². The third-order valence-corrected chi connectivity index (χ3v) is 6.83. The minimum atomic E-state index is -0.299. The van der Waals surface area contributed by atoms with Gasteiger partial charge in [-0.25, -0.2) is 5.48 Å². The number of aliphatic imine (C=N–C) groups is 1. The van der Waals surface area contributed by atoms with E-state index in [1.54, 1.807) is 18.2 Å². The molecular weight excluding hydrogens is 506 g/mol. The van der Waals surface area contributed by atoms with Crippen LogP contribution in [0.25, 0.3) is 0 Å². The number of hydroxylamine groups is 1. The minimum Gasteiger partial charge on any atom is -0.437 e. The molecule has 0 bridgehead atoms. The molecule has 0 amide bonds. The summed E-state index contributed by atoms with van der Waals surface area (Å²) in [4.78, 5) is 10.1. The molecular formula is C23H18Cl4N4O2. The summed E-state index contributed by atoms with van der Waals surface area (Å²) in [5, 5.41) is 9.45. The van der Waals surface area contributed by atoms with Gasteiger partial charge < -0.3 is 4.74 Å². The summed E-state index contributed by atoms with van der Waals surface area (Å²) in [5.41, 5.74) is 5.31. The molecule has 1 N–H and O–H groups in total. The van der Waals surface area contributed by atoms with Crippen molar-refractivity contribution in [2.45, 2.75) is 30.2 Å². The van der Waals surface area contributed by atoms with E-state index in [0.717, 1.165) is 24.0 Å². The number of aromatic nitrogens is 2. The molecule has 2 aliphatic rings. The van der Waals surface area contributed by atoms with Gasteiger partial charge in [0.15, 0.2) is 11.0 Å². The standard InChI is InChI=1S/C23H18Cl4N4O2/c24-15-5-4-13(19(25)10-15)8-16-12-32-31-21(28-16)18-11-20(26)29-30-22(18)33-17-3-1-2-14(9-17)23(27)6-7-23/h1-5,9-11,16H,6-8,12H2,(H,28,31)/t16-/m1/s1. The molecule has 6 nitrogen and oxygen atoms in total. The highest BCUT2D eigenvalue weighted by atomic mass is 35.5. The van der Waals surface area contributed by atoms with E-state index in [2.05, 4.69) is 15.7 Å². The zero-order valence-corrected chi connectivity index (χ0v) is 20.2. The van der Waals surface area contributed by atoms with E-state index in [-0.39, 0.29) is 21.9 Å². The van der Waals surface area contributed by atoms with E-state index in [4.69, 9.17) is 61.0 Å². The smallest absolute Gasteiger partial charge is 0.250 e. The van der Waals surface area contributed by atoms with Crippen molar-refractivity contribution in [1.82, 2.24) is 15.7 Å². The Labute approximate surface area is 210 Å². The van der Waals surface area contributed by atoms with Crippen LogP contribution in [0.4, 0.5) is 0 Å². The lowest BCUT2D eigenvalue weighted by molar-refractivity contribution is 0.0623. The van der Waals surface area contributed by atoms with Crippen molar-refractivity contribution in [2.24, 2.45) is 4.99 Å². The highest BCUT2D eigenvalue weighted by molar-refractivity contribution is 6.35. The van der Waals surface area contributed by atoms with Crippen LogP contribution in [-0.4, -0.2) is 28.7 Å². The molecule has 1 aromatic heterocycles. The van der Waals surface area contributed by atoms with Gasteiger partial charge in [0.05, 0.1) is 23.1 Å². The summed E-state index contributed by atoms with van der Waals surface area (Å²) in [6.45, 7) is 0.366. The van der Waals surface area contributed by atoms with Gasteiger partial charge in [-0.1, -0.05) is 53.0 Å². The van der Waals surface area contributed by atoms with Crippen molar-refractivity contribution in [1.29, 1.82) is 0 Å². The Morgan fingerprint density at radius 3 is 2.70 bits per heavy atom. The summed E-state index contributed by atoms with van der Waals surface area (Å²) in [6, 6.07) is 14.5. The van der Waals surface area contributed by atoms with Gasteiger partial charge in [-0.15, -0.1) is 21.8 Å². The molecule has 5 rings (SSSR count). The fraction of sp³-hybridized carbons (Fsp3) is 0.261. The Kier molecular flexibility index (Phi) is 6.38. The van der Waals surface area contributed by atoms with Crippen molar-refractivity contribution in [3.8, 4) is 11.6 Å². The number of halogens is 4. The summed E-state index contributed by atoms with van der Waals surface area (Å²) >= 11 is 25.0. The molecule has 0 spiro atoms. The molecule has 1 aliphatic heterocycles. The van der Waals surface area contributed by atoms with E-state index >= 15 is 0 Å². The summed E-state index contributed by atoms with van der Waals surface area (Å²) in [7, 11) is 0. The molecule has 0 saturated heterocycles. The second-order valence-electron chi connectivity index (χ2n) is 7.97. The summed E-state index contributed by atoms with van der Waals surface area (Å²) in [5.74, 6) is 1.28. The SMILES string of the molecule is Clc1ccc(C[C@@H]2CONC(c3cc(Cl)nnc3Oc3cccc(C4(Cl)CC4)c3)=N2)c(Cl)c1. The molecule has 1 saturated carbocycles. The van der Waals surface area contributed by atoms with Crippen LogP contribution in [0.2, 0.25) is 15.2 Å². The highest BCUT2D eigenvalue weighted by Crippen LogP contribution is 2.52. The highest BCUT2D eigenvalue weighted by Gasteiger charge is 2.42. The van der Waals surface area contributed by atoms with Crippen LogP contribution in [0.5, 0.6) is 11.6 Å². The zero-order chi connectivity index (χ0) is 23.0.